The predicted molar refractivity (Wildman–Crippen MR) is 58.4 cm³/mol. The molecule has 0 amide bonds. The quantitative estimate of drug-likeness (QED) is 0.609. The molecule has 0 aliphatic carbocycles. The van der Waals surface area contributed by atoms with Gasteiger partial charge in [0.05, 0.1) is 6.04 Å². The molecular weight excluding hydrogens is 192 g/mol. The third-order valence-electron chi connectivity index (χ3n) is 1.98. The molecule has 1 unspecified atom stereocenters. The Morgan fingerprint density at radius 1 is 1.33 bits per heavy atom. The highest BCUT2D eigenvalue weighted by Gasteiger charge is 2.10. The first-order valence-electron chi connectivity index (χ1n) is 5.21. The second-order valence-corrected chi connectivity index (χ2v) is 4.62. The lowest BCUT2D eigenvalue weighted by Gasteiger charge is -2.21. The Bertz CT molecular complexity index is 263. The van der Waals surface area contributed by atoms with Gasteiger partial charge in [-0.3, -0.25) is 0 Å². The van der Waals surface area contributed by atoms with Crippen molar-refractivity contribution < 1.29 is 0 Å². The fourth-order valence-corrected chi connectivity index (χ4v) is 1.17. The lowest BCUT2D eigenvalue weighted by Crippen LogP contribution is -2.40. The summed E-state index contributed by atoms with van der Waals surface area (Å²) in [6, 6.07) is 0.130. The van der Waals surface area contributed by atoms with Gasteiger partial charge in [-0.15, -0.1) is 10.2 Å². The number of nitrogens with one attached hydrogen (secondary N) is 3. The van der Waals surface area contributed by atoms with Crippen LogP contribution in [0.25, 0.3) is 0 Å². The standard InChI is InChI=1S/C9H20N6/c1-7(8-12-14-15-13-8)10-5-6-11-9(2,3)4/h7,10-11H,5-6H2,1-4H3,(H,12,13,14,15). The Kier molecular flexibility index (Phi) is 4.16. The minimum atomic E-state index is 0.130. The van der Waals surface area contributed by atoms with Gasteiger partial charge in [-0.2, -0.15) is 5.21 Å². The summed E-state index contributed by atoms with van der Waals surface area (Å²) in [5.41, 5.74) is 0.164. The van der Waals surface area contributed by atoms with Crippen LogP contribution in [0.2, 0.25) is 0 Å². The van der Waals surface area contributed by atoms with E-state index in [-0.39, 0.29) is 11.6 Å². The number of nitrogens with zero attached hydrogens (tertiary/aromatic N) is 3. The van der Waals surface area contributed by atoms with Crippen LogP contribution in [0.1, 0.15) is 39.6 Å². The molecule has 3 N–H and O–H groups in total. The summed E-state index contributed by atoms with van der Waals surface area (Å²) in [5.74, 6) is 0.700. The van der Waals surface area contributed by atoms with E-state index in [1.807, 2.05) is 6.92 Å². The van der Waals surface area contributed by atoms with Crippen molar-refractivity contribution in [3.63, 3.8) is 0 Å². The molecule has 0 bridgehead atoms. The monoisotopic (exact) mass is 212 g/mol. The van der Waals surface area contributed by atoms with Gasteiger partial charge >= 0.3 is 0 Å². The maximum absolute atomic E-state index is 3.91. The highest BCUT2D eigenvalue weighted by atomic mass is 15.5. The molecule has 0 fully saturated rings. The summed E-state index contributed by atoms with van der Waals surface area (Å²) < 4.78 is 0. The van der Waals surface area contributed by atoms with Gasteiger partial charge in [0.25, 0.3) is 0 Å². The van der Waals surface area contributed by atoms with E-state index in [1.165, 1.54) is 0 Å². The molecule has 0 saturated carbocycles. The third kappa shape index (κ3) is 4.85. The second kappa shape index (κ2) is 5.18. The molecule has 1 atom stereocenters. The van der Waals surface area contributed by atoms with Crippen molar-refractivity contribution in [2.45, 2.75) is 39.3 Å². The Hall–Kier alpha value is -1.01. The zero-order valence-electron chi connectivity index (χ0n) is 9.83. The van der Waals surface area contributed by atoms with Crippen LogP contribution >= 0.6 is 0 Å². The van der Waals surface area contributed by atoms with Gasteiger partial charge < -0.3 is 10.6 Å². The van der Waals surface area contributed by atoms with Gasteiger partial charge in [0, 0.05) is 18.6 Å². The van der Waals surface area contributed by atoms with Crippen LogP contribution in [-0.2, 0) is 0 Å². The van der Waals surface area contributed by atoms with E-state index in [9.17, 15) is 0 Å². The van der Waals surface area contributed by atoms with Gasteiger partial charge in [-0.1, -0.05) is 5.21 Å². The van der Waals surface area contributed by atoms with Crippen LogP contribution in [0.4, 0.5) is 0 Å². The molecule has 86 valence electrons. The smallest absolute Gasteiger partial charge is 0.191 e. The van der Waals surface area contributed by atoms with Crippen molar-refractivity contribution in [1.29, 1.82) is 0 Å². The highest BCUT2D eigenvalue weighted by molar-refractivity contribution is 4.85. The molecule has 1 heterocycles. The van der Waals surface area contributed by atoms with E-state index in [1.54, 1.807) is 0 Å². The number of hydrogen-bond donors (Lipinski definition) is 3. The lowest BCUT2D eigenvalue weighted by atomic mass is 10.1. The molecule has 0 aromatic carbocycles. The summed E-state index contributed by atoms with van der Waals surface area (Å²) in [6.45, 7) is 10.3. The average Bonchev–Trinajstić information content (AvgIpc) is 2.63. The van der Waals surface area contributed by atoms with Gasteiger partial charge in [0.2, 0.25) is 0 Å². The van der Waals surface area contributed by atoms with E-state index in [4.69, 9.17) is 0 Å². The van der Waals surface area contributed by atoms with Crippen LogP contribution in [0.5, 0.6) is 0 Å². The molecule has 15 heavy (non-hydrogen) atoms. The summed E-state index contributed by atoms with van der Waals surface area (Å²) in [4.78, 5) is 0. The number of aromatic nitrogens is 4. The molecule has 6 heteroatoms. The molecule has 0 aliphatic heterocycles. The van der Waals surface area contributed by atoms with Crippen molar-refractivity contribution in [2.75, 3.05) is 13.1 Å². The molecule has 1 aromatic heterocycles. The SMILES string of the molecule is CC(NCCNC(C)(C)C)c1nn[nH]n1. The lowest BCUT2D eigenvalue weighted by molar-refractivity contribution is 0.412. The van der Waals surface area contributed by atoms with Crippen molar-refractivity contribution in [2.24, 2.45) is 0 Å². The zero-order valence-corrected chi connectivity index (χ0v) is 9.83. The molecule has 0 saturated heterocycles. The molecular formula is C9H20N6. The van der Waals surface area contributed by atoms with Gasteiger partial charge in [0.15, 0.2) is 5.82 Å². The summed E-state index contributed by atoms with van der Waals surface area (Å²) in [6.07, 6.45) is 0. The van der Waals surface area contributed by atoms with Crippen LogP contribution < -0.4 is 10.6 Å². The topological polar surface area (TPSA) is 78.5 Å². The van der Waals surface area contributed by atoms with Crippen LogP contribution in [0.15, 0.2) is 0 Å². The van der Waals surface area contributed by atoms with Gasteiger partial charge in [-0.25, -0.2) is 0 Å². The highest BCUT2D eigenvalue weighted by Crippen LogP contribution is 2.02. The zero-order chi connectivity index (χ0) is 11.3. The normalized spacial score (nSPS) is 14.1. The van der Waals surface area contributed by atoms with E-state index in [0.29, 0.717) is 5.82 Å². The first kappa shape index (κ1) is 12.1. The molecule has 6 nitrogen and oxygen atoms in total. The minimum Gasteiger partial charge on any atom is -0.311 e. The third-order valence-corrected chi connectivity index (χ3v) is 1.98. The average molecular weight is 212 g/mol. The summed E-state index contributed by atoms with van der Waals surface area (Å²) >= 11 is 0. The maximum Gasteiger partial charge on any atom is 0.191 e. The van der Waals surface area contributed by atoms with E-state index >= 15 is 0 Å². The number of hydrogen-bond acceptors (Lipinski definition) is 5. The fourth-order valence-electron chi connectivity index (χ4n) is 1.17. The van der Waals surface area contributed by atoms with Crippen molar-refractivity contribution >= 4 is 0 Å². The molecule has 0 radical (unpaired) electrons. The number of aromatic amines is 1. The van der Waals surface area contributed by atoms with E-state index in [2.05, 4.69) is 52.0 Å². The Labute approximate surface area is 90.2 Å². The molecule has 0 spiro atoms. The van der Waals surface area contributed by atoms with Gasteiger partial charge in [0.1, 0.15) is 0 Å². The van der Waals surface area contributed by atoms with Crippen LogP contribution in [0, 0.1) is 0 Å². The Morgan fingerprint density at radius 2 is 2.07 bits per heavy atom. The van der Waals surface area contributed by atoms with Crippen LogP contribution in [-0.4, -0.2) is 39.3 Å². The largest absolute Gasteiger partial charge is 0.311 e. The molecule has 1 rings (SSSR count). The number of rotatable bonds is 5. The van der Waals surface area contributed by atoms with E-state index < -0.39 is 0 Å². The summed E-state index contributed by atoms with van der Waals surface area (Å²) in [5, 5.41) is 20.5. The first-order chi connectivity index (χ1) is 6.99. The predicted octanol–water partition coefficient (Wildman–Crippen LogP) is 0.238. The number of tetrazole rings is 1. The summed E-state index contributed by atoms with van der Waals surface area (Å²) in [7, 11) is 0. The fraction of sp³-hybridized carbons (Fsp3) is 0.889. The van der Waals surface area contributed by atoms with Gasteiger partial charge in [-0.05, 0) is 27.7 Å². The van der Waals surface area contributed by atoms with E-state index in [0.717, 1.165) is 13.1 Å². The van der Waals surface area contributed by atoms with Crippen molar-refractivity contribution in [1.82, 2.24) is 31.3 Å². The van der Waals surface area contributed by atoms with Crippen molar-refractivity contribution in [3.8, 4) is 0 Å². The maximum atomic E-state index is 3.91. The van der Waals surface area contributed by atoms with Crippen molar-refractivity contribution in [3.05, 3.63) is 5.82 Å². The molecule has 0 aliphatic rings. The Balaban J connectivity index is 2.16. The van der Waals surface area contributed by atoms with Crippen LogP contribution in [0.3, 0.4) is 0 Å². The second-order valence-electron chi connectivity index (χ2n) is 4.62. The minimum absolute atomic E-state index is 0.130. The first-order valence-corrected chi connectivity index (χ1v) is 5.21. The Morgan fingerprint density at radius 3 is 2.60 bits per heavy atom. The number of H-pyrrole nitrogens is 1. The molecule has 1 aromatic rings.